The number of aromatic nitrogens is 11. The molecule has 2 aliphatic heterocycles. The molecule has 0 aliphatic carbocycles. The predicted molar refractivity (Wildman–Crippen MR) is 314 cm³/mol. The van der Waals surface area contributed by atoms with Gasteiger partial charge < -0.3 is 67.5 Å². The van der Waals surface area contributed by atoms with Crippen LogP contribution in [0.3, 0.4) is 0 Å². The molecule has 0 spiro atoms. The van der Waals surface area contributed by atoms with Gasteiger partial charge in [0, 0.05) is 57.2 Å². The van der Waals surface area contributed by atoms with Crippen molar-refractivity contribution in [3.63, 3.8) is 0 Å². The van der Waals surface area contributed by atoms with Crippen molar-refractivity contribution in [2.75, 3.05) is 43.1 Å². The average molecular weight is 1290 g/mol. The maximum absolute atomic E-state index is 15.5. The van der Waals surface area contributed by atoms with Crippen molar-refractivity contribution in [1.82, 2.24) is 80.6 Å². The van der Waals surface area contributed by atoms with Crippen LogP contribution >= 0.6 is 32.0 Å². The number of thiol groups is 2. The van der Waals surface area contributed by atoms with Gasteiger partial charge in [0.1, 0.15) is 66.5 Å². The van der Waals surface area contributed by atoms with Crippen molar-refractivity contribution < 1.29 is 70.0 Å². The lowest BCUT2D eigenvalue weighted by Crippen LogP contribution is -2.55. The number of nitrogens with one attached hydrogen (secondary N) is 6. The SMILES string of the molecule is CC(=O)CCNC(=O)CCc1cn(CC(=O)N[C@H](C(=O)N[C@@H](CCCNC(N)=O)C(=O)Nc2ccc(CNC(=O)O[C@@H]3[C@H](OP(=O)(S)OC[C@@H]4C[C@@H](F)[C@H](n5cnc6c(N)ncnc65)O4)[C@@H](COS)O[C@H]3n3cnc4c(N)ncnc43)cc2)C(C)C)nn1. The summed E-state index contributed by atoms with van der Waals surface area (Å²) in [5.41, 5.74) is 19.3. The minimum absolute atomic E-state index is 0.0302. The van der Waals surface area contributed by atoms with Gasteiger partial charge in [-0.05, 0) is 56.3 Å². The van der Waals surface area contributed by atoms with Crippen LogP contribution in [0, 0.1) is 5.92 Å². The maximum Gasteiger partial charge on any atom is 0.407 e. The van der Waals surface area contributed by atoms with Gasteiger partial charge in [-0.15, -0.1) is 5.10 Å². The number of alkyl carbamates (subject to hydrolysis) is 1. The Morgan fingerprint density at radius 3 is 2.16 bits per heavy atom. The largest absolute Gasteiger partial charge is 0.438 e. The second-order valence-corrected chi connectivity index (χ2v) is 23.8. The number of Topliss-reactive ketones (excluding diaryl/α,β-unsaturated/α-hetero) is 1. The quantitative estimate of drug-likeness (QED) is 0.0131. The topological polar surface area (TPSA) is 460 Å². The molecule has 88 heavy (non-hydrogen) atoms. The van der Waals surface area contributed by atoms with Gasteiger partial charge in [0.05, 0.1) is 37.7 Å². The van der Waals surface area contributed by atoms with Crippen LogP contribution in [0.1, 0.15) is 76.6 Å². The Bertz CT molecular complexity index is 3510. The number of nitrogen functional groups attached to an aromatic ring is 2. The minimum Gasteiger partial charge on any atom is -0.438 e. The van der Waals surface area contributed by atoms with Gasteiger partial charge >= 0.3 is 18.9 Å². The fraction of sp³-hybridized carbons (Fsp3) is 0.500. The Kier molecular flexibility index (Phi) is 22.5. The van der Waals surface area contributed by atoms with Crippen LogP contribution in [-0.4, -0.2) is 165 Å². The molecular weight excluding hydrogens is 1220 g/mol. The van der Waals surface area contributed by atoms with Crippen molar-refractivity contribution in [3.8, 4) is 0 Å². The Morgan fingerprint density at radius 2 is 1.51 bits per heavy atom. The van der Waals surface area contributed by atoms with Crippen LogP contribution in [0.5, 0.6) is 0 Å². The van der Waals surface area contributed by atoms with Gasteiger partial charge in [-0.25, -0.2) is 53.1 Å². The van der Waals surface area contributed by atoms with Crippen molar-refractivity contribution in [2.24, 2.45) is 11.7 Å². The normalized spacial score (nSPS) is 20.5. The first kappa shape index (κ1) is 65.8. The molecule has 2 saturated heterocycles. The molecule has 7 amide bonds. The molecule has 8 rings (SSSR count). The van der Waals surface area contributed by atoms with Crippen LogP contribution in [0.4, 0.5) is 31.3 Å². The summed E-state index contributed by atoms with van der Waals surface area (Å²) >= 11 is 8.14. The number of rotatable bonds is 30. The Hall–Kier alpha value is -8.19. The number of urea groups is 1. The fourth-order valence-electron chi connectivity index (χ4n) is 9.38. The number of halogens is 1. The summed E-state index contributed by atoms with van der Waals surface area (Å²) in [7, 11) is 0. The van der Waals surface area contributed by atoms with Gasteiger partial charge in [-0.2, -0.15) is 0 Å². The number of fused-ring (bicyclic) bond motifs is 2. The molecule has 2 aliphatic rings. The number of anilines is 3. The van der Waals surface area contributed by atoms with Gasteiger partial charge in [0.25, 0.3) is 0 Å². The number of nitrogens with zero attached hydrogens (tertiary/aromatic N) is 11. The van der Waals surface area contributed by atoms with E-state index in [9.17, 15) is 38.1 Å². The molecule has 0 bridgehead atoms. The molecule has 1 unspecified atom stereocenters. The highest BCUT2D eigenvalue weighted by Crippen LogP contribution is 2.57. The molecule has 12 N–H and O–H groups in total. The number of benzene rings is 1. The highest BCUT2D eigenvalue weighted by atomic mass is 32.7. The summed E-state index contributed by atoms with van der Waals surface area (Å²) in [6.07, 6.45) is -3.10. The van der Waals surface area contributed by atoms with Crippen LogP contribution in [0.25, 0.3) is 22.3 Å². The molecule has 2 fully saturated rings. The van der Waals surface area contributed by atoms with E-state index in [-0.39, 0.29) is 123 Å². The number of ketones is 1. The number of hydrogen-bond acceptors (Lipinski definition) is 25. The zero-order chi connectivity index (χ0) is 63.2. The second-order valence-electron chi connectivity index (χ2n) is 20.7. The van der Waals surface area contributed by atoms with Crippen molar-refractivity contribution >= 4 is 113 Å². The molecule has 10 atom stereocenters. The van der Waals surface area contributed by atoms with E-state index in [1.165, 1.54) is 64.4 Å². The van der Waals surface area contributed by atoms with Crippen molar-refractivity contribution in [2.45, 2.75) is 128 Å². The van der Waals surface area contributed by atoms with E-state index in [0.717, 1.165) is 0 Å². The third-order valence-electron chi connectivity index (χ3n) is 13.7. The highest BCUT2D eigenvalue weighted by molar-refractivity contribution is 8.44. The summed E-state index contributed by atoms with van der Waals surface area (Å²) in [6, 6.07) is 3.18. The first-order chi connectivity index (χ1) is 42.1. The molecule has 38 heteroatoms. The lowest BCUT2D eigenvalue weighted by atomic mass is 10.0. The Balaban J connectivity index is 0.886. The summed E-state index contributed by atoms with van der Waals surface area (Å²) in [5, 5.41) is 23.9. The Labute approximate surface area is 511 Å². The fourth-order valence-corrected chi connectivity index (χ4v) is 11.0. The summed E-state index contributed by atoms with van der Waals surface area (Å²) in [6.45, 7) is -0.609. The summed E-state index contributed by atoms with van der Waals surface area (Å²) < 4.78 is 68.7. The van der Waals surface area contributed by atoms with E-state index in [4.69, 9.17) is 44.6 Å². The van der Waals surface area contributed by atoms with Gasteiger partial charge in [-0.1, -0.05) is 43.4 Å². The number of alkyl halides is 1. The van der Waals surface area contributed by atoms with Crippen LogP contribution < -0.4 is 49.1 Å². The Morgan fingerprint density at radius 1 is 0.830 bits per heavy atom. The zero-order valence-electron chi connectivity index (χ0n) is 47.5. The lowest BCUT2D eigenvalue weighted by Gasteiger charge is -2.27. The number of aryl methyl sites for hydroxylation is 1. The predicted octanol–water partition coefficient (Wildman–Crippen LogP) is 1.28. The highest BCUT2D eigenvalue weighted by Gasteiger charge is 2.52. The standard InChI is InChI=1S/C50H66FN20O14PS2/c1-25(2)36(66-35(74)18-69-17-29(67-68-69)10-11-34(73)55-14-12-26(3)72)46(76)65-32(5-4-13-56-49(54)77)45(75)64-28-8-6-27(7-9-28)16-57-50(78)84-40-39(33(20-81-87)83-48(40)71-24-63-38-42(53)59-22-61-44(38)71)85-86(79,88)80-19-30-15-31(51)47(82-30)70-23-62-37-41(52)58-21-60-43(37)70/h6-9,17,21-25,30-33,36,39-40,47-48,87H,4-5,10-16,18-20H2,1-3H3,(H,55,73)(H,57,78)(H,64,75)(H,65,76)(H,66,74)(H,79,88)(H2,52,58,60)(H2,53,59,61)(H3,54,56,77)/t30-,31+,32-,33+,36-,39+,40+,47+,48+,86?/m0/s1. The number of ether oxygens (including phenoxy) is 3. The first-order valence-corrected chi connectivity index (χ1v) is 30.5. The smallest absolute Gasteiger partial charge is 0.407 e. The first-order valence-electron chi connectivity index (χ1n) is 27.4. The summed E-state index contributed by atoms with van der Waals surface area (Å²) in [4.78, 5) is 114. The molecule has 7 heterocycles. The van der Waals surface area contributed by atoms with E-state index in [0.29, 0.717) is 11.3 Å². The van der Waals surface area contributed by atoms with E-state index in [2.05, 4.69) is 97.3 Å². The van der Waals surface area contributed by atoms with Crippen LogP contribution in [-0.2, 0) is 75.5 Å². The van der Waals surface area contributed by atoms with Gasteiger partial charge in [0.2, 0.25) is 23.6 Å². The molecule has 1 aromatic carbocycles. The van der Waals surface area contributed by atoms with Gasteiger partial charge in [-0.3, -0.25) is 42.2 Å². The van der Waals surface area contributed by atoms with Crippen LogP contribution in [0.2, 0.25) is 0 Å². The lowest BCUT2D eigenvalue weighted by molar-refractivity contribution is -0.132. The molecule has 0 radical (unpaired) electrons. The minimum atomic E-state index is -4.49. The average Bonchev–Trinajstić information content (AvgIpc) is 2.16. The summed E-state index contributed by atoms with van der Waals surface area (Å²) in [5.74, 6) is -2.57. The van der Waals surface area contributed by atoms with Gasteiger partial charge in [0.15, 0.2) is 41.5 Å². The second kappa shape index (κ2) is 30.1. The molecule has 6 aromatic rings. The number of carbonyl (C=O) groups excluding carboxylic acids is 7. The number of carbonyl (C=O) groups is 7. The number of hydrogen-bond donors (Lipinski definition) is 11. The van der Waals surface area contributed by atoms with Crippen molar-refractivity contribution in [1.29, 1.82) is 0 Å². The monoisotopic (exact) mass is 1280 g/mol. The third-order valence-corrected chi connectivity index (χ3v) is 15.5. The van der Waals surface area contributed by atoms with E-state index in [1.54, 1.807) is 26.0 Å². The van der Waals surface area contributed by atoms with E-state index >= 15 is 4.39 Å². The molecule has 0 saturated carbocycles. The van der Waals surface area contributed by atoms with E-state index < -0.39 is 104 Å². The van der Waals surface area contributed by atoms with E-state index in [1.807, 2.05) is 0 Å². The number of primary amides is 1. The zero-order valence-corrected chi connectivity index (χ0v) is 50.2. The molecule has 474 valence electrons. The molecular formula is C50H66FN20O14PS2. The van der Waals surface area contributed by atoms with Crippen LogP contribution in [0.15, 0.2) is 55.8 Å². The molecule has 5 aromatic heterocycles. The number of amides is 7. The molecule has 34 nitrogen and oxygen atoms in total. The third kappa shape index (κ3) is 17.5. The maximum atomic E-state index is 15.5. The number of imidazole rings is 2. The van der Waals surface area contributed by atoms with Crippen molar-refractivity contribution in [3.05, 3.63) is 67.0 Å². The number of nitrogens with two attached hydrogens (primary N) is 3.